The molecule has 1 aromatic carbocycles. The van der Waals surface area contributed by atoms with E-state index >= 15 is 0 Å². The number of aliphatic hydroxyl groups is 1. The fraction of sp³-hybridized carbons (Fsp3) is 0.333. The van der Waals surface area contributed by atoms with Crippen molar-refractivity contribution in [2.75, 3.05) is 6.61 Å². The van der Waals surface area contributed by atoms with E-state index in [0.717, 1.165) is 28.3 Å². The normalized spacial score (nSPS) is 12.2. The van der Waals surface area contributed by atoms with Gasteiger partial charge in [-0.3, -0.25) is 9.78 Å². The van der Waals surface area contributed by atoms with Crippen LogP contribution >= 0.6 is 0 Å². The van der Waals surface area contributed by atoms with Crippen LogP contribution in [0.2, 0.25) is 0 Å². The molecule has 2 heterocycles. The van der Waals surface area contributed by atoms with Gasteiger partial charge in [0.05, 0.1) is 18.0 Å². The molecular weight excluding hydrogens is 354 g/mol. The van der Waals surface area contributed by atoms with Crippen LogP contribution in [0.25, 0.3) is 16.9 Å². The summed E-state index contributed by atoms with van der Waals surface area (Å²) in [4.78, 5) is 21.5. The van der Waals surface area contributed by atoms with E-state index < -0.39 is 0 Å². The Balaban J connectivity index is 2.12. The lowest BCUT2D eigenvalue weighted by Gasteiger charge is -2.15. The van der Waals surface area contributed by atoms with Gasteiger partial charge in [-0.2, -0.15) is 5.10 Å². The number of carbonyl (C=O) groups excluding carboxylic acids is 1. The zero-order chi connectivity index (χ0) is 20.3. The molecule has 3 aromatic rings. The molecule has 0 bridgehead atoms. The number of aliphatic hydroxyl groups excluding tert-OH is 1. The third-order valence-corrected chi connectivity index (χ3v) is 4.37. The third-order valence-electron chi connectivity index (χ3n) is 4.37. The lowest BCUT2D eigenvalue weighted by Crippen LogP contribution is -2.35. The first-order valence-corrected chi connectivity index (χ1v) is 9.29. The molecule has 0 unspecified atom stereocenters. The number of benzene rings is 1. The molecule has 0 spiro atoms. The number of hydrogen-bond donors (Lipinski definition) is 2. The Morgan fingerprint density at radius 1 is 1.18 bits per heavy atom. The Morgan fingerprint density at radius 2 is 1.96 bits per heavy atom. The molecule has 0 aliphatic carbocycles. The molecule has 3 rings (SSSR count). The summed E-state index contributed by atoms with van der Waals surface area (Å²) in [5.74, 6) is 0.724. The zero-order valence-electron chi connectivity index (χ0n) is 16.5. The molecule has 2 N–H and O–H groups in total. The van der Waals surface area contributed by atoms with Crippen molar-refractivity contribution in [2.24, 2.45) is 0 Å². The lowest BCUT2D eigenvalue weighted by molar-refractivity contribution is 0.0922. The van der Waals surface area contributed by atoms with Gasteiger partial charge >= 0.3 is 0 Å². The molecule has 0 radical (unpaired) electrons. The van der Waals surface area contributed by atoms with Crippen LogP contribution in [0.15, 0.2) is 42.9 Å². The van der Waals surface area contributed by atoms with E-state index in [9.17, 15) is 9.90 Å². The van der Waals surface area contributed by atoms with Gasteiger partial charge in [-0.25, -0.2) is 9.67 Å². The van der Waals surface area contributed by atoms with Crippen molar-refractivity contribution in [3.63, 3.8) is 0 Å². The highest BCUT2D eigenvalue weighted by atomic mass is 16.3. The quantitative estimate of drug-likeness (QED) is 0.687. The summed E-state index contributed by atoms with van der Waals surface area (Å²) in [5, 5.41) is 16.4. The molecule has 7 nitrogen and oxygen atoms in total. The fourth-order valence-corrected chi connectivity index (χ4v) is 2.85. The number of rotatable bonds is 6. The van der Waals surface area contributed by atoms with Gasteiger partial charge in [-0.1, -0.05) is 19.9 Å². The van der Waals surface area contributed by atoms with Crippen molar-refractivity contribution >= 4 is 5.91 Å². The largest absolute Gasteiger partial charge is 0.394 e. The van der Waals surface area contributed by atoms with E-state index in [0.29, 0.717) is 5.56 Å². The van der Waals surface area contributed by atoms with Crippen molar-refractivity contribution in [3.05, 3.63) is 59.8 Å². The summed E-state index contributed by atoms with van der Waals surface area (Å²) >= 11 is 0. The van der Waals surface area contributed by atoms with Crippen LogP contribution in [0.5, 0.6) is 0 Å². The molecule has 0 aliphatic heterocycles. The maximum Gasteiger partial charge on any atom is 0.251 e. The third kappa shape index (κ3) is 4.26. The Bertz CT molecular complexity index is 963. The number of aryl methyl sites for hydroxylation is 1. The van der Waals surface area contributed by atoms with E-state index in [1.54, 1.807) is 29.9 Å². The van der Waals surface area contributed by atoms with Crippen LogP contribution in [0.4, 0.5) is 0 Å². The second-order valence-corrected chi connectivity index (χ2v) is 7.23. The average molecular weight is 379 g/mol. The van der Waals surface area contributed by atoms with E-state index in [-0.39, 0.29) is 24.5 Å². The van der Waals surface area contributed by atoms with Gasteiger partial charge in [0, 0.05) is 29.3 Å². The molecule has 0 saturated heterocycles. The van der Waals surface area contributed by atoms with Crippen molar-refractivity contribution in [2.45, 2.75) is 39.7 Å². The number of nitrogens with one attached hydrogen (secondary N) is 1. The standard InChI is InChI=1S/C21H25N5O2/c1-13(2)20-23-12-24-26(20)18-8-16(19-6-5-14(3)10-22-19)7-17(9-18)21(28)25-15(4)11-27/h5-10,12-13,15,27H,11H2,1-4H3,(H,25,28)/t15-/m0/s1. The van der Waals surface area contributed by atoms with Gasteiger partial charge in [0.15, 0.2) is 0 Å². The van der Waals surface area contributed by atoms with Crippen LogP contribution < -0.4 is 5.32 Å². The zero-order valence-corrected chi connectivity index (χ0v) is 16.5. The second-order valence-electron chi connectivity index (χ2n) is 7.23. The summed E-state index contributed by atoms with van der Waals surface area (Å²) in [6.07, 6.45) is 3.31. The summed E-state index contributed by atoms with van der Waals surface area (Å²) in [6.45, 7) is 7.69. The number of hydrogen-bond acceptors (Lipinski definition) is 5. The SMILES string of the molecule is Cc1ccc(-c2cc(C(=O)N[C@@H](C)CO)cc(-n3ncnc3C(C)C)c2)nc1. The van der Waals surface area contributed by atoms with Gasteiger partial charge in [-0.05, 0) is 43.7 Å². The van der Waals surface area contributed by atoms with Crippen LogP contribution in [0, 0.1) is 6.92 Å². The topological polar surface area (TPSA) is 92.9 Å². The van der Waals surface area contributed by atoms with Gasteiger partial charge in [0.25, 0.3) is 5.91 Å². The number of nitrogens with zero attached hydrogens (tertiary/aromatic N) is 4. The van der Waals surface area contributed by atoms with E-state index in [1.165, 1.54) is 6.33 Å². The summed E-state index contributed by atoms with van der Waals surface area (Å²) in [6, 6.07) is 9.10. The minimum absolute atomic E-state index is 0.127. The minimum atomic E-state index is -0.338. The Kier molecular flexibility index (Phi) is 5.84. The minimum Gasteiger partial charge on any atom is -0.394 e. The van der Waals surface area contributed by atoms with Crippen LogP contribution in [-0.4, -0.2) is 43.4 Å². The van der Waals surface area contributed by atoms with Crippen molar-refractivity contribution < 1.29 is 9.90 Å². The molecule has 2 aromatic heterocycles. The summed E-state index contributed by atoms with van der Waals surface area (Å²) < 4.78 is 1.74. The molecular formula is C21H25N5O2. The van der Waals surface area contributed by atoms with E-state index in [4.69, 9.17) is 0 Å². The first-order valence-electron chi connectivity index (χ1n) is 9.29. The average Bonchev–Trinajstić information content (AvgIpc) is 3.18. The predicted octanol–water partition coefficient (Wildman–Crippen LogP) is 2.87. The molecule has 0 saturated carbocycles. The predicted molar refractivity (Wildman–Crippen MR) is 107 cm³/mol. The second kappa shape index (κ2) is 8.31. The molecule has 1 atom stereocenters. The molecule has 146 valence electrons. The van der Waals surface area contributed by atoms with Crippen molar-refractivity contribution in [1.29, 1.82) is 0 Å². The molecule has 0 fully saturated rings. The number of amides is 1. The molecule has 7 heteroatoms. The molecule has 1 amide bonds. The highest BCUT2D eigenvalue weighted by Crippen LogP contribution is 2.25. The molecule has 0 aliphatic rings. The van der Waals surface area contributed by atoms with Gasteiger partial charge in [0.1, 0.15) is 12.2 Å². The van der Waals surface area contributed by atoms with E-state index in [1.807, 2.05) is 39.0 Å². The fourth-order valence-electron chi connectivity index (χ4n) is 2.85. The van der Waals surface area contributed by atoms with Gasteiger partial charge in [-0.15, -0.1) is 0 Å². The van der Waals surface area contributed by atoms with E-state index in [2.05, 4.69) is 20.4 Å². The Hall–Kier alpha value is -3.06. The maximum atomic E-state index is 12.7. The number of aromatic nitrogens is 4. The first-order chi connectivity index (χ1) is 13.4. The smallest absolute Gasteiger partial charge is 0.251 e. The van der Waals surface area contributed by atoms with Gasteiger partial charge < -0.3 is 10.4 Å². The van der Waals surface area contributed by atoms with Gasteiger partial charge in [0.2, 0.25) is 0 Å². The first kappa shape index (κ1) is 19.7. The summed E-state index contributed by atoms with van der Waals surface area (Å²) in [5.41, 5.74) is 3.85. The molecule has 28 heavy (non-hydrogen) atoms. The van der Waals surface area contributed by atoms with Crippen molar-refractivity contribution in [1.82, 2.24) is 25.1 Å². The Labute approximate surface area is 164 Å². The summed E-state index contributed by atoms with van der Waals surface area (Å²) in [7, 11) is 0. The number of carbonyl (C=O) groups is 1. The van der Waals surface area contributed by atoms with Crippen LogP contribution in [-0.2, 0) is 0 Å². The van der Waals surface area contributed by atoms with Crippen LogP contribution in [0.3, 0.4) is 0 Å². The highest BCUT2D eigenvalue weighted by molar-refractivity contribution is 5.96. The van der Waals surface area contributed by atoms with Crippen LogP contribution in [0.1, 0.15) is 48.4 Å². The highest BCUT2D eigenvalue weighted by Gasteiger charge is 2.16. The Morgan fingerprint density at radius 3 is 2.61 bits per heavy atom. The lowest BCUT2D eigenvalue weighted by atomic mass is 10.0. The monoisotopic (exact) mass is 379 g/mol. The van der Waals surface area contributed by atoms with Crippen molar-refractivity contribution in [3.8, 4) is 16.9 Å². The maximum absolute atomic E-state index is 12.7. The number of pyridine rings is 1.